The van der Waals surface area contributed by atoms with Gasteiger partial charge in [-0.3, -0.25) is 19.4 Å². The zero-order valence-corrected chi connectivity index (χ0v) is 23.2. The first-order valence-corrected chi connectivity index (χ1v) is 13.9. The molecule has 10 nitrogen and oxygen atoms in total. The van der Waals surface area contributed by atoms with Gasteiger partial charge in [-0.1, -0.05) is 32.0 Å². The van der Waals surface area contributed by atoms with E-state index < -0.39 is 6.04 Å². The molecule has 10 heteroatoms. The summed E-state index contributed by atoms with van der Waals surface area (Å²) in [6.45, 7) is 5.52. The van der Waals surface area contributed by atoms with Crippen molar-refractivity contribution in [3.05, 3.63) is 66.7 Å². The van der Waals surface area contributed by atoms with E-state index in [4.69, 9.17) is 4.74 Å². The summed E-state index contributed by atoms with van der Waals surface area (Å²) in [5.74, 6) is 0.933. The quantitative estimate of drug-likeness (QED) is 0.508. The molecule has 3 amide bonds. The first-order valence-electron chi connectivity index (χ1n) is 13.9. The molecular weight excluding hydrogens is 508 g/mol. The maximum atomic E-state index is 13.2. The van der Waals surface area contributed by atoms with Crippen LogP contribution in [0.5, 0.6) is 5.75 Å². The SMILES string of the molecule is CC(C)C[C@H]1NC(=O)CN(C(=O)CCc2cccnc2)CCCOc2cccc(c2)-c2nccn2CCNC1=O. The molecule has 3 aromatic rings. The maximum absolute atomic E-state index is 13.2. The van der Waals surface area contributed by atoms with Crippen LogP contribution < -0.4 is 15.4 Å². The summed E-state index contributed by atoms with van der Waals surface area (Å²) < 4.78 is 7.98. The standard InChI is InChI=1S/C30H38N6O4/c1-22(2)18-26-30(39)33-13-16-35-15-12-32-29(35)24-7-3-8-25(19-24)40-17-5-14-36(21-27(37)34-26)28(38)10-9-23-6-4-11-31-20-23/h3-4,6-8,11-12,15,19-20,22,26H,5,9-10,13-14,16-18,21H2,1-2H3,(H,33,39)(H,34,37)/t26-/m1/s1. The summed E-state index contributed by atoms with van der Waals surface area (Å²) >= 11 is 0. The highest BCUT2D eigenvalue weighted by Gasteiger charge is 2.24. The Morgan fingerprint density at radius 1 is 1.15 bits per heavy atom. The topological polar surface area (TPSA) is 118 Å². The maximum Gasteiger partial charge on any atom is 0.242 e. The Hall–Kier alpha value is -4.21. The van der Waals surface area contributed by atoms with Crippen LogP contribution in [-0.2, 0) is 27.3 Å². The second kappa shape index (κ2) is 14.3. The van der Waals surface area contributed by atoms with Gasteiger partial charge in [0.05, 0.1) is 13.2 Å². The van der Waals surface area contributed by atoms with Crippen LogP contribution >= 0.6 is 0 Å². The minimum atomic E-state index is -0.694. The van der Waals surface area contributed by atoms with E-state index in [1.165, 1.54) is 0 Å². The number of nitrogens with one attached hydrogen (secondary N) is 2. The summed E-state index contributed by atoms with van der Waals surface area (Å²) in [7, 11) is 0. The van der Waals surface area contributed by atoms with E-state index in [1.54, 1.807) is 23.5 Å². The zero-order valence-electron chi connectivity index (χ0n) is 23.2. The van der Waals surface area contributed by atoms with E-state index >= 15 is 0 Å². The smallest absolute Gasteiger partial charge is 0.242 e. The zero-order chi connectivity index (χ0) is 28.3. The Kier molecular flexibility index (Phi) is 10.3. The van der Waals surface area contributed by atoms with Crippen LogP contribution in [0.2, 0.25) is 0 Å². The van der Waals surface area contributed by atoms with Gasteiger partial charge in [0, 0.05) is 56.4 Å². The number of fused-ring (bicyclic) bond motifs is 4. The number of rotatable bonds is 5. The van der Waals surface area contributed by atoms with E-state index in [0.29, 0.717) is 51.3 Å². The number of carbonyl (C=O) groups excluding carboxylic acids is 3. The van der Waals surface area contributed by atoms with E-state index in [1.807, 2.05) is 61.0 Å². The predicted molar refractivity (Wildman–Crippen MR) is 151 cm³/mol. The Labute approximate surface area is 235 Å². The molecule has 0 radical (unpaired) electrons. The van der Waals surface area contributed by atoms with Crippen molar-refractivity contribution in [1.29, 1.82) is 0 Å². The first kappa shape index (κ1) is 28.8. The summed E-state index contributed by atoms with van der Waals surface area (Å²) in [5.41, 5.74) is 1.87. The van der Waals surface area contributed by atoms with Gasteiger partial charge in [-0.05, 0) is 48.9 Å². The fourth-order valence-electron chi connectivity index (χ4n) is 4.71. The lowest BCUT2D eigenvalue weighted by molar-refractivity contribution is -0.137. The number of aryl methyl sites for hydroxylation is 1. The summed E-state index contributed by atoms with van der Waals surface area (Å²) in [5, 5.41) is 5.83. The van der Waals surface area contributed by atoms with Crippen molar-refractivity contribution in [2.24, 2.45) is 5.92 Å². The number of pyridine rings is 1. The number of imidazole rings is 1. The van der Waals surface area contributed by atoms with Crippen molar-refractivity contribution < 1.29 is 19.1 Å². The Morgan fingerprint density at radius 2 is 2.02 bits per heavy atom. The molecule has 0 aliphatic carbocycles. The van der Waals surface area contributed by atoms with Gasteiger partial charge in [-0.15, -0.1) is 0 Å². The van der Waals surface area contributed by atoms with E-state index in [0.717, 1.165) is 17.0 Å². The monoisotopic (exact) mass is 546 g/mol. The van der Waals surface area contributed by atoms with Crippen molar-refractivity contribution in [2.45, 2.75) is 52.1 Å². The molecule has 1 aliphatic rings. The molecule has 1 atom stereocenters. The fourth-order valence-corrected chi connectivity index (χ4v) is 4.71. The summed E-state index contributed by atoms with van der Waals surface area (Å²) in [6.07, 6.45) is 8.85. The molecule has 3 heterocycles. The molecule has 2 bridgehead atoms. The van der Waals surface area contributed by atoms with Gasteiger partial charge in [0.15, 0.2) is 0 Å². The van der Waals surface area contributed by atoms with Gasteiger partial charge in [-0.25, -0.2) is 4.98 Å². The number of benzene rings is 1. The normalized spacial score (nSPS) is 17.2. The molecule has 2 aromatic heterocycles. The molecule has 212 valence electrons. The lowest BCUT2D eigenvalue weighted by Gasteiger charge is -2.25. The summed E-state index contributed by atoms with van der Waals surface area (Å²) in [4.78, 5) is 49.6. The third kappa shape index (κ3) is 8.39. The third-order valence-electron chi connectivity index (χ3n) is 6.70. The van der Waals surface area contributed by atoms with E-state index in [2.05, 4.69) is 20.6 Å². The van der Waals surface area contributed by atoms with Crippen molar-refractivity contribution in [2.75, 3.05) is 26.2 Å². The number of carbonyl (C=O) groups is 3. The highest BCUT2D eigenvalue weighted by molar-refractivity contribution is 5.90. The van der Waals surface area contributed by atoms with E-state index in [9.17, 15) is 14.4 Å². The van der Waals surface area contributed by atoms with Crippen LogP contribution in [0.1, 0.15) is 38.7 Å². The second-order valence-corrected chi connectivity index (χ2v) is 10.4. The molecule has 0 unspecified atom stereocenters. The highest BCUT2D eigenvalue weighted by Crippen LogP contribution is 2.23. The molecule has 1 aromatic carbocycles. The van der Waals surface area contributed by atoms with Crippen LogP contribution in [0.15, 0.2) is 61.2 Å². The molecular formula is C30H38N6O4. The van der Waals surface area contributed by atoms with Crippen molar-refractivity contribution in [3.8, 4) is 17.1 Å². The number of ether oxygens (including phenoxy) is 1. The van der Waals surface area contributed by atoms with E-state index in [-0.39, 0.29) is 36.6 Å². The number of nitrogens with zero attached hydrogens (tertiary/aromatic N) is 4. The molecule has 0 fully saturated rings. The van der Waals surface area contributed by atoms with Gasteiger partial charge >= 0.3 is 0 Å². The van der Waals surface area contributed by atoms with Crippen LogP contribution in [-0.4, -0.2) is 69.4 Å². The van der Waals surface area contributed by atoms with Gasteiger partial charge in [0.25, 0.3) is 0 Å². The number of aromatic nitrogens is 3. The lowest BCUT2D eigenvalue weighted by Crippen LogP contribution is -2.51. The third-order valence-corrected chi connectivity index (χ3v) is 6.70. The molecule has 40 heavy (non-hydrogen) atoms. The second-order valence-electron chi connectivity index (χ2n) is 10.4. The van der Waals surface area contributed by atoms with Gasteiger partial charge in [-0.2, -0.15) is 0 Å². The highest BCUT2D eigenvalue weighted by atomic mass is 16.5. The minimum absolute atomic E-state index is 0.123. The molecule has 2 N–H and O–H groups in total. The lowest BCUT2D eigenvalue weighted by atomic mass is 10.0. The average Bonchev–Trinajstić information content (AvgIpc) is 3.41. The van der Waals surface area contributed by atoms with Gasteiger partial charge in [0.2, 0.25) is 17.7 Å². The number of hydrogen-bond acceptors (Lipinski definition) is 6. The Morgan fingerprint density at radius 3 is 2.83 bits per heavy atom. The van der Waals surface area contributed by atoms with Crippen LogP contribution in [0.4, 0.5) is 0 Å². The van der Waals surface area contributed by atoms with Crippen LogP contribution in [0.25, 0.3) is 11.4 Å². The number of amides is 3. The number of hydrogen-bond donors (Lipinski definition) is 2. The molecule has 0 spiro atoms. The molecule has 0 saturated heterocycles. The molecule has 4 rings (SSSR count). The van der Waals surface area contributed by atoms with Crippen molar-refractivity contribution in [1.82, 2.24) is 30.1 Å². The fraction of sp³-hybridized carbons (Fsp3) is 0.433. The first-order chi connectivity index (χ1) is 19.4. The Balaban J connectivity index is 1.52. The molecule has 1 aliphatic heterocycles. The van der Waals surface area contributed by atoms with Crippen LogP contribution in [0.3, 0.4) is 0 Å². The van der Waals surface area contributed by atoms with Crippen molar-refractivity contribution >= 4 is 17.7 Å². The Bertz CT molecular complexity index is 1280. The van der Waals surface area contributed by atoms with Gasteiger partial charge in [0.1, 0.15) is 17.6 Å². The molecule has 0 saturated carbocycles. The van der Waals surface area contributed by atoms with Gasteiger partial charge < -0.3 is 24.8 Å². The van der Waals surface area contributed by atoms with Crippen LogP contribution in [0, 0.1) is 5.92 Å². The largest absolute Gasteiger partial charge is 0.494 e. The predicted octanol–water partition coefficient (Wildman–Crippen LogP) is 2.84. The average molecular weight is 547 g/mol. The minimum Gasteiger partial charge on any atom is -0.494 e. The summed E-state index contributed by atoms with van der Waals surface area (Å²) in [6, 6.07) is 10.8. The van der Waals surface area contributed by atoms with Crippen molar-refractivity contribution in [3.63, 3.8) is 0 Å².